The van der Waals surface area contributed by atoms with E-state index in [1.165, 1.54) is 20.5 Å². The van der Waals surface area contributed by atoms with E-state index in [-0.39, 0.29) is 54.6 Å². The molecule has 0 spiro atoms. The van der Waals surface area contributed by atoms with Crippen LogP contribution in [0.4, 0.5) is 5.69 Å². The van der Waals surface area contributed by atoms with Gasteiger partial charge in [-0.15, -0.1) is 11.3 Å². The molecule has 1 saturated heterocycles. The van der Waals surface area contributed by atoms with Crippen molar-refractivity contribution < 1.29 is 44.2 Å². The number of aryl methyl sites for hydroxylation is 1. The van der Waals surface area contributed by atoms with Crippen LogP contribution in [-0.2, 0) is 17.9 Å². The molecule has 11 heteroatoms. The summed E-state index contributed by atoms with van der Waals surface area (Å²) in [6.07, 6.45) is -0.281. The van der Waals surface area contributed by atoms with Gasteiger partial charge >= 0.3 is 35.2 Å². The summed E-state index contributed by atoms with van der Waals surface area (Å²) in [4.78, 5) is 41.2. The molecule has 3 heterocycles. The largest absolute Gasteiger partial charge is 1.00 e. The molecule has 0 atom stereocenters. The van der Waals surface area contributed by atoms with Crippen LogP contribution in [-0.4, -0.2) is 59.8 Å². The zero-order valence-corrected chi connectivity index (χ0v) is 21.7. The third kappa shape index (κ3) is 5.70. The minimum absolute atomic E-state index is 0. The van der Waals surface area contributed by atoms with E-state index >= 15 is 0 Å². The van der Waals surface area contributed by atoms with Crippen LogP contribution in [0.1, 0.15) is 6.42 Å². The van der Waals surface area contributed by atoms with Crippen LogP contribution >= 0.6 is 11.3 Å². The Labute approximate surface area is 217 Å². The molecule has 33 heavy (non-hydrogen) atoms. The Morgan fingerprint density at radius 1 is 1.00 bits per heavy atom. The number of ether oxygens (including phenoxy) is 1. The smallest absolute Gasteiger partial charge is 0.550 e. The SMILES string of the molecule is COc1ccc(N2CCN(CCn3c(=O)c4cscc4n(CCC(=O)[O-])c3=O)CC2)cc1.[Na+]. The first-order valence-electron chi connectivity index (χ1n) is 10.5. The van der Waals surface area contributed by atoms with Gasteiger partial charge in [0.15, 0.2) is 0 Å². The van der Waals surface area contributed by atoms with Crippen LogP contribution in [0.25, 0.3) is 10.9 Å². The minimum Gasteiger partial charge on any atom is -0.550 e. The molecule has 0 aliphatic carbocycles. The van der Waals surface area contributed by atoms with Crippen LogP contribution < -0.4 is 55.5 Å². The predicted molar refractivity (Wildman–Crippen MR) is 122 cm³/mol. The fourth-order valence-corrected chi connectivity index (χ4v) is 4.83. The maximum Gasteiger partial charge on any atom is 1.00 e. The number of carboxylic acids is 1. The van der Waals surface area contributed by atoms with Crippen LogP contribution in [0.3, 0.4) is 0 Å². The normalized spacial score (nSPS) is 14.3. The van der Waals surface area contributed by atoms with E-state index in [4.69, 9.17) is 4.74 Å². The Hall–Kier alpha value is -2.11. The topological polar surface area (TPSA) is 99.8 Å². The summed E-state index contributed by atoms with van der Waals surface area (Å²) < 4.78 is 7.80. The van der Waals surface area contributed by atoms with E-state index in [0.29, 0.717) is 17.4 Å². The van der Waals surface area contributed by atoms with Gasteiger partial charge < -0.3 is 19.5 Å². The monoisotopic (exact) mass is 480 g/mol. The minimum atomic E-state index is -1.23. The van der Waals surface area contributed by atoms with Crippen LogP contribution in [0, 0.1) is 0 Å². The zero-order chi connectivity index (χ0) is 22.7. The van der Waals surface area contributed by atoms with Gasteiger partial charge in [0, 0.05) is 74.7 Å². The van der Waals surface area contributed by atoms with Crippen molar-refractivity contribution in [1.82, 2.24) is 14.0 Å². The second-order valence-electron chi connectivity index (χ2n) is 7.71. The van der Waals surface area contributed by atoms with E-state index in [9.17, 15) is 19.5 Å². The summed E-state index contributed by atoms with van der Waals surface area (Å²) >= 11 is 1.32. The van der Waals surface area contributed by atoms with Crippen LogP contribution in [0.5, 0.6) is 5.75 Å². The molecule has 2 aromatic heterocycles. The molecule has 1 fully saturated rings. The standard InChI is InChI=1S/C22H26N4O5S.Na/c1-31-17-4-2-16(3-5-17)24-11-8-23(9-12-24)10-13-26-21(29)18-14-32-15-19(18)25(22(26)30)7-6-20(27)28;/h2-5,14-15H,6-13H2,1H3,(H,27,28);/q;+1/p-1. The Morgan fingerprint density at radius 2 is 1.70 bits per heavy atom. The van der Waals surface area contributed by atoms with Crippen molar-refractivity contribution in [2.75, 3.05) is 44.7 Å². The molecule has 1 aromatic carbocycles. The van der Waals surface area contributed by atoms with Gasteiger partial charge in [0.05, 0.1) is 18.0 Å². The quantitative estimate of drug-likeness (QED) is 0.321. The first kappa shape index (κ1) is 25.5. The van der Waals surface area contributed by atoms with Crippen molar-refractivity contribution in [2.24, 2.45) is 0 Å². The van der Waals surface area contributed by atoms with Gasteiger partial charge in [0.2, 0.25) is 0 Å². The number of carboxylic acid groups (broad SMARTS) is 1. The van der Waals surface area contributed by atoms with Crippen molar-refractivity contribution in [3.63, 3.8) is 0 Å². The second-order valence-corrected chi connectivity index (χ2v) is 8.45. The van der Waals surface area contributed by atoms with Gasteiger partial charge in [0.25, 0.3) is 5.56 Å². The molecular weight excluding hydrogens is 455 g/mol. The van der Waals surface area contributed by atoms with Crippen LogP contribution in [0.15, 0.2) is 44.6 Å². The first-order chi connectivity index (χ1) is 15.5. The number of benzene rings is 1. The zero-order valence-electron chi connectivity index (χ0n) is 18.9. The predicted octanol–water partition coefficient (Wildman–Crippen LogP) is -2.80. The molecule has 170 valence electrons. The number of methoxy groups -OCH3 is 1. The maximum absolute atomic E-state index is 13.0. The number of carbonyl (C=O) groups excluding carboxylic acids is 1. The van der Waals surface area contributed by atoms with Gasteiger partial charge in [-0.3, -0.25) is 18.8 Å². The number of aromatic nitrogens is 2. The molecule has 3 aromatic rings. The van der Waals surface area contributed by atoms with Gasteiger partial charge in [-0.05, 0) is 24.3 Å². The Bertz CT molecular complexity index is 1210. The molecule has 1 aliphatic heterocycles. The van der Waals surface area contributed by atoms with Crippen molar-refractivity contribution in [1.29, 1.82) is 0 Å². The van der Waals surface area contributed by atoms with Gasteiger partial charge in [0.1, 0.15) is 5.75 Å². The summed E-state index contributed by atoms with van der Waals surface area (Å²) in [5.41, 5.74) is 0.822. The molecule has 0 saturated carbocycles. The van der Waals surface area contributed by atoms with E-state index in [2.05, 4.69) is 9.80 Å². The van der Waals surface area contributed by atoms with Crippen molar-refractivity contribution in [2.45, 2.75) is 19.5 Å². The number of aliphatic carboxylic acids is 1. The van der Waals surface area contributed by atoms with Crippen molar-refractivity contribution >= 4 is 33.9 Å². The number of piperazine rings is 1. The summed E-state index contributed by atoms with van der Waals surface area (Å²) in [6.45, 7) is 4.15. The third-order valence-electron chi connectivity index (χ3n) is 5.86. The van der Waals surface area contributed by atoms with E-state index in [0.717, 1.165) is 37.6 Å². The molecule has 9 nitrogen and oxygen atoms in total. The Balaban J connectivity index is 0.00000306. The second kappa shape index (κ2) is 11.3. The Kier molecular flexibility index (Phi) is 8.77. The van der Waals surface area contributed by atoms with Crippen molar-refractivity contribution in [3.8, 4) is 5.75 Å². The third-order valence-corrected chi connectivity index (χ3v) is 6.59. The number of rotatable bonds is 8. The molecule has 0 radical (unpaired) electrons. The number of hydrogen-bond donors (Lipinski definition) is 0. The number of hydrogen-bond acceptors (Lipinski definition) is 8. The summed E-state index contributed by atoms with van der Waals surface area (Å²) in [5.74, 6) is -0.404. The van der Waals surface area contributed by atoms with E-state index < -0.39 is 11.7 Å². The number of anilines is 1. The summed E-state index contributed by atoms with van der Waals surface area (Å²) in [6, 6.07) is 7.97. The van der Waals surface area contributed by atoms with Crippen LogP contribution in [0.2, 0.25) is 0 Å². The molecule has 4 rings (SSSR count). The van der Waals surface area contributed by atoms with Gasteiger partial charge in [-0.2, -0.15) is 0 Å². The molecule has 0 unspecified atom stereocenters. The number of nitrogens with zero attached hydrogens (tertiary/aromatic N) is 4. The molecule has 1 aliphatic rings. The number of fused-ring (bicyclic) bond motifs is 1. The number of carbonyl (C=O) groups is 1. The molecule has 0 bridgehead atoms. The van der Waals surface area contributed by atoms with Crippen molar-refractivity contribution in [3.05, 3.63) is 55.9 Å². The summed E-state index contributed by atoms with van der Waals surface area (Å²) in [7, 11) is 1.65. The molecule has 0 N–H and O–H groups in total. The maximum atomic E-state index is 13.0. The van der Waals surface area contributed by atoms with E-state index in [1.807, 2.05) is 24.3 Å². The average molecular weight is 481 g/mol. The van der Waals surface area contributed by atoms with Gasteiger partial charge in [-0.1, -0.05) is 0 Å². The average Bonchev–Trinajstić information content (AvgIpc) is 3.29. The number of thiophene rings is 1. The molecule has 0 amide bonds. The first-order valence-corrected chi connectivity index (χ1v) is 11.4. The Morgan fingerprint density at radius 3 is 2.33 bits per heavy atom. The van der Waals surface area contributed by atoms with E-state index in [1.54, 1.807) is 17.9 Å². The van der Waals surface area contributed by atoms with Gasteiger partial charge in [-0.25, -0.2) is 4.79 Å². The fourth-order valence-electron chi connectivity index (χ4n) is 4.02. The molecular formula is C22H25N4NaO5S. The summed E-state index contributed by atoms with van der Waals surface area (Å²) in [5, 5.41) is 14.7. The fraction of sp³-hybridized carbons (Fsp3) is 0.409.